The summed E-state index contributed by atoms with van der Waals surface area (Å²) >= 11 is 0. The first kappa shape index (κ1) is 14.4. The molecule has 2 aliphatic rings. The lowest BCUT2D eigenvalue weighted by atomic mass is 9.72. The fourth-order valence-corrected chi connectivity index (χ4v) is 3.14. The Morgan fingerprint density at radius 3 is 2.95 bits per heavy atom. The molecule has 0 bridgehead atoms. The van der Waals surface area contributed by atoms with Gasteiger partial charge in [-0.05, 0) is 30.5 Å². The predicted molar refractivity (Wildman–Crippen MR) is 72.4 cm³/mol. The molecular weight excluding hydrogens is 278 g/mol. The minimum atomic E-state index is -0.892. The lowest BCUT2D eigenvalue weighted by Crippen LogP contribution is -2.68. The highest BCUT2D eigenvalue weighted by atomic mass is 19.2. The van der Waals surface area contributed by atoms with Gasteiger partial charge in [0, 0.05) is 25.0 Å². The summed E-state index contributed by atoms with van der Waals surface area (Å²) in [5.74, 6) is -1.57. The number of aryl methyl sites for hydroxylation is 1. The first-order valence-corrected chi connectivity index (χ1v) is 7.17. The average molecular weight is 296 g/mol. The summed E-state index contributed by atoms with van der Waals surface area (Å²) in [6, 6.07) is 3.49. The molecule has 3 rings (SSSR count). The molecule has 1 heterocycles. The molecule has 1 aliphatic carbocycles. The van der Waals surface area contributed by atoms with Crippen molar-refractivity contribution >= 4 is 5.91 Å². The predicted octanol–water partition coefficient (Wildman–Crippen LogP) is 1.13. The van der Waals surface area contributed by atoms with E-state index in [0.29, 0.717) is 24.5 Å². The highest BCUT2D eigenvalue weighted by Gasteiger charge is 2.52. The molecule has 4 nitrogen and oxygen atoms in total. The zero-order valence-electron chi connectivity index (χ0n) is 11.5. The van der Waals surface area contributed by atoms with Gasteiger partial charge in [-0.25, -0.2) is 8.78 Å². The van der Waals surface area contributed by atoms with Gasteiger partial charge in [-0.2, -0.15) is 0 Å². The van der Waals surface area contributed by atoms with Crippen molar-refractivity contribution in [3.05, 3.63) is 35.4 Å². The second-order valence-electron chi connectivity index (χ2n) is 5.71. The fourth-order valence-electron chi connectivity index (χ4n) is 3.14. The number of amides is 1. The number of ether oxygens (including phenoxy) is 1. The molecule has 1 aromatic carbocycles. The minimum Gasteiger partial charge on any atom is -0.376 e. The minimum absolute atomic E-state index is 0.0345. The SMILES string of the molecule is N[C@H]1[C@H]2CCO[C@H]2[C@@H]1NC(=O)CCc1ccc(F)c(F)c1. The lowest BCUT2D eigenvalue weighted by Gasteiger charge is -2.45. The van der Waals surface area contributed by atoms with Crippen LogP contribution in [0.3, 0.4) is 0 Å². The Morgan fingerprint density at radius 1 is 1.38 bits per heavy atom. The number of nitrogens with one attached hydrogen (secondary N) is 1. The number of hydrogen-bond acceptors (Lipinski definition) is 3. The Morgan fingerprint density at radius 2 is 2.19 bits per heavy atom. The van der Waals surface area contributed by atoms with Crippen molar-refractivity contribution in [1.82, 2.24) is 5.32 Å². The molecule has 1 saturated heterocycles. The summed E-state index contributed by atoms with van der Waals surface area (Å²) in [7, 11) is 0. The largest absolute Gasteiger partial charge is 0.376 e. The Kier molecular flexibility index (Phi) is 3.91. The normalized spacial score (nSPS) is 30.6. The summed E-state index contributed by atoms with van der Waals surface area (Å²) in [5, 5.41) is 2.88. The van der Waals surface area contributed by atoms with Gasteiger partial charge in [0.2, 0.25) is 5.91 Å². The van der Waals surface area contributed by atoms with Gasteiger partial charge in [-0.1, -0.05) is 6.07 Å². The van der Waals surface area contributed by atoms with Crippen LogP contribution in [-0.4, -0.2) is 30.7 Å². The number of hydrogen-bond donors (Lipinski definition) is 2. The Labute approximate surface area is 121 Å². The lowest BCUT2D eigenvalue weighted by molar-refractivity contribution is -0.125. The molecular formula is C15H18F2N2O2. The first-order chi connectivity index (χ1) is 10.1. The van der Waals surface area contributed by atoms with Crippen LogP contribution in [0.15, 0.2) is 18.2 Å². The van der Waals surface area contributed by atoms with E-state index < -0.39 is 11.6 Å². The highest BCUT2D eigenvalue weighted by Crippen LogP contribution is 2.37. The topological polar surface area (TPSA) is 64.3 Å². The summed E-state index contributed by atoms with van der Waals surface area (Å²) in [6.07, 6.45) is 1.56. The van der Waals surface area contributed by atoms with Gasteiger partial charge in [0.25, 0.3) is 0 Å². The van der Waals surface area contributed by atoms with Crippen molar-refractivity contribution in [3.8, 4) is 0 Å². The van der Waals surface area contributed by atoms with E-state index in [1.807, 2.05) is 0 Å². The number of benzene rings is 1. The molecule has 0 spiro atoms. The third-order valence-corrected chi connectivity index (χ3v) is 4.40. The van der Waals surface area contributed by atoms with Crippen LogP contribution in [0.1, 0.15) is 18.4 Å². The number of carbonyl (C=O) groups excluding carboxylic acids is 1. The van der Waals surface area contributed by atoms with Gasteiger partial charge in [-0.15, -0.1) is 0 Å². The first-order valence-electron chi connectivity index (χ1n) is 7.17. The molecule has 2 fully saturated rings. The van der Waals surface area contributed by atoms with Gasteiger partial charge in [0.15, 0.2) is 11.6 Å². The van der Waals surface area contributed by atoms with Crippen LogP contribution in [0.5, 0.6) is 0 Å². The van der Waals surface area contributed by atoms with Crippen molar-refractivity contribution in [3.63, 3.8) is 0 Å². The highest BCUT2D eigenvalue weighted by molar-refractivity contribution is 5.77. The van der Waals surface area contributed by atoms with Crippen molar-refractivity contribution in [2.75, 3.05) is 6.61 Å². The van der Waals surface area contributed by atoms with Crippen LogP contribution in [0.4, 0.5) is 8.78 Å². The molecule has 0 radical (unpaired) electrons. The molecule has 0 aromatic heterocycles. The maximum Gasteiger partial charge on any atom is 0.220 e. The van der Waals surface area contributed by atoms with Gasteiger partial charge < -0.3 is 15.8 Å². The van der Waals surface area contributed by atoms with E-state index in [0.717, 1.165) is 18.6 Å². The van der Waals surface area contributed by atoms with E-state index >= 15 is 0 Å². The van der Waals surface area contributed by atoms with Crippen LogP contribution in [0, 0.1) is 17.6 Å². The number of nitrogens with two attached hydrogens (primary N) is 1. The van der Waals surface area contributed by atoms with Gasteiger partial charge >= 0.3 is 0 Å². The maximum absolute atomic E-state index is 13.1. The number of halogens is 2. The van der Waals surface area contributed by atoms with Gasteiger partial charge in [0.05, 0.1) is 12.1 Å². The van der Waals surface area contributed by atoms with E-state index in [-0.39, 0.29) is 30.5 Å². The summed E-state index contributed by atoms with van der Waals surface area (Å²) in [4.78, 5) is 11.9. The maximum atomic E-state index is 13.1. The fraction of sp³-hybridized carbons (Fsp3) is 0.533. The molecule has 4 atom stereocenters. The second-order valence-corrected chi connectivity index (χ2v) is 5.71. The molecule has 1 saturated carbocycles. The summed E-state index contributed by atoms with van der Waals surface area (Å²) < 4.78 is 31.4. The third-order valence-electron chi connectivity index (χ3n) is 4.40. The molecule has 3 N–H and O–H groups in total. The zero-order valence-corrected chi connectivity index (χ0v) is 11.5. The number of fused-ring (bicyclic) bond motifs is 1. The van der Waals surface area contributed by atoms with Crippen LogP contribution < -0.4 is 11.1 Å². The molecule has 6 heteroatoms. The second kappa shape index (κ2) is 5.69. The number of carbonyl (C=O) groups is 1. The average Bonchev–Trinajstić information content (AvgIpc) is 2.91. The monoisotopic (exact) mass is 296 g/mol. The van der Waals surface area contributed by atoms with Crippen LogP contribution in [0.2, 0.25) is 0 Å². The number of rotatable bonds is 4. The van der Waals surface area contributed by atoms with Crippen LogP contribution in [0.25, 0.3) is 0 Å². The summed E-state index contributed by atoms with van der Waals surface area (Å²) in [5.41, 5.74) is 6.61. The molecule has 1 aromatic rings. The molecule has 0 unspecified atom stereocenters. The Hall–Kier alpha value is -1.53. The molecule has 21 heavy (non-hydrogen) atoms. The van der Waals surface area contributed by atoms with E-state index in [1.54, 1.807) is 0 Å². The van der Waals surface area contributed by atoms with Gasteiger partial charge in [0.1, 0.15) is 0 Å². The van der Waals surface area contributed by atoms with E-state index in [2.05, 4.69) is 5.32 Å². The van der Waals surface area contributed by atoms with Gasteiger partial charge in [-0.3, -0.25) is 4.79 Å². The zero-order chi connectivity index (χ0) is 15.0. The van der Waals surface area contributed by atoms with Crippen LogP contribution >= 0.6 is 0 Å². The molecule has 1 amide bonds. The molecule has 114 valence electrons. The summed E-state index contributed by atoms with van der Waals surface area (Å²) in [6.45, 7) is 0.699. The quantitative estimate of drug-likeness (QED) is 0.875. The Balaban J connectivity index is 1.49. The standard InChI is InChI=1S/C15H18F2N2O2/c16-10-3-1-8(7-11(10)17)2-4-12(20)19-14-13(18)9-5-6-21-15(9)14/h1,3,7,9,13-15H,2,4-6,18H2,(H,19,20)/t9-,13+,14-,15-/m1/s1. The molecule has 1 aliphatic heterocycles. The Bertz CT molecular complexity index is 552. The van der Waals surface area contributed by atoms with E-state index in [1.165, 1.54) is 6.07 Å². The van der Waals surface area contributed by atoms with Crippen LogP contribution in [-0.2, 0) is 16.0 Å². The van der Waals surface area contributed by atoms with E-state index in [9.17, 15) is 13.6 Å². The van der Waals surface area contributed by atoms with Crippen molar-refractivity contribution in [2.24, 2.45) is 11.7 Å². The third kappa shape index (κ3) is 2.78. The van der Waals surface area contributed by atoms with E-state index in [4.69, 9.17) is 10.5 Å². The smallest absolute Gasteiger partial charge is 0.220 e. The van der Waals surface area contributed by atoms with Crippen molar-refractivity contribution in [2.45, 2.75) is 37.5 Å². The van der Waals surface area contributed by atoms with Crippen molar-refractivity contribution < 1.29 is 18.3 Å². The van der Waals surface area contributed by atoms with Crippen molar-refractivity contribution in [1.29, 1.82) is 0 Å².